The van der Waals surface area contributed by atoms with Crippen molar-refractivity contribution in [3.8, 4) is 0 Å². The zero-order valence-electron chi connectivity index (χ0n) is 9.58. The first-order chi connectivity index (χ1) is 8.13. The third-order valence-corrected chi connectivity index (χ3v) is 2.67. The highest BCUT2D eigenvalue weighted by Gasteiger charge is 2.57. The molecule has 1 aliphatic rings. The molecule has 0 spiro atoms. The molecular weight excluding hydrogens is 248 g/mol. The van der Waals surface area contributed by atoms with E-state index in [1.807, 2.05) is 0 Å². The molecule has 4 N–H and O–H groups in total. The van der Waals surface area contributed by atoms with Crippen LogP contribution in [0.3, 0.4) is 0 Å². The molecule has 0 aromatic heterocycles. The molecule has 100 valence electrons. The van der Waals surface area contributed by atoms with E-state index in [0.29, 0.717) is 0 Å². The standard InChI is InChI=1S/C10H12O8/c1-3(11)7(15)10(17,4(2)12)8-5(13)6(14)9(16)18-8/h7-8,13-15,17H,1-2H3/t7?,8-,10+/m0/s1. The second-order valence-electron chi connectivity index (χ2n) is 3.91. The predicted molar refractivity (Wildman–Crippen MR) is 54.5 cm³/mol. The van der Waals surface area contributed by atoms with Crippen LogP contribution in [0.4, 0.5) is 0 Å². The normalized spacial score (nSPS) is 24.4. The van der Waals surface area contributed by atoms with Gasteiger partial charge in [-0.1, -0.05) is 0 Å². The molecule has 8 nitrogen and oxygen atoms in total. The van der Waals surface area contributed by atoms with Crippen LogP contribution in [0.1, 0.15) is 13.8 Å². The maximum atomic E-state index is 11.4. The Kier molecular flexibility index (Phi) is 3.45. The average Bonchev–Trinajstić information content (AvgIpc) is 2.54. The van der Waals surface area contributed by atoms with Gasteiger partial charge in [0.05, 0.1) is 0 Å². The number of esters is 1. The minimum Gasteiger partial charge on any atom is -0.505 e. The van der Waals surface area contributed by atoms with Gasteiger partial charge in [-0.2, -0.15) is 0 Å². The zero-order valence-corrected chi connectivity index (χ0v) is 9.58. The van der Waals surface area contributed by atoms with Crippen molar-refractivity contribution < 1.29 is 39.5 Å². The highest BCUT2D eigenvalue weighted by Crippen LogP contribution is 2.31. The number of aliphatic hydroxyl groups is 4. The maximum Gasteiger partial charge on any atom is 0.378 e. The topological polar surface area (TPSA) is 141 Å². The molecule has 0 aromatic rings. The Morgan fingerprint density at radius 2 is 1.83 bits per heavy atom. The molecule has 0 saturated heterocycles. The van der Waals surface area contributed by atoms with Gasteiger partial charge in [0.25, 0.3) is 0 Å². The van der Waals surface area contributed by atoms with E-state index >= 15 is 0 Å². The summed E-state index contributed by atoms with van der Waals surface area (Å²) in [5, 5.41) is 38.0. The van der Waals surface area contributed by atoms with Crippen LogP contribution in [0.2, 0.25) is 0 Å². The summed E-state index contributed by atoms with van der Waals surface area (Å²) in [6, 6.07) is 0. The summed E-state index contributed by atoms with van der Waals surface area (Å²) in [6.07, 6.45) is -4.23. The second kappa shape index (κ2) is 4.39. The summed E-state index contributed by atoms with van der Waals surface area (Å²) in [5.41, 5.74) is -2.85. The summed E-state index contributed by atoms with van der Waals surface area (Å²) in [6.45, 7) is 1.73. The molecule has 1 rings (SSSR count). The highest BCUT2D eigenvalue weighted by atomic mass is 16.6. The van der Waals surface area contributed by atoms with Gasteiger partial charge >= 0.3 is 5.97 Å². The van der Waals surface area contributed by atoms with Crippen LogP contribution in [0, 0.1) is 0 Å². The number of ether oxygens (including phenoxy) is 1. The highest BCUT2D eigenvalue weighted by molar-refractivity contribution is 5.97. The third kappa shape index (κ3) is 1.85. The molecule has 0 amide bonds. The summed E-state index contributed by atoms with van der Waals surface area (Å²) >= 11 is 0. The van der Waals surface area contributed by atoms with Gasteiger partial charge in [0.1, 0.15) is 0 Å². The number of carbonyl (C=O) groups excluding carboxylic acids is 3. The van der Waals surface area contributed by atoms with Gasteiger partial charge in [0, 0.05) is 0 Å². The molecular formula is C10H12O8. The Bertz CT molecular complexity index is 451. The van der Waals surface area contributed by atoms with Crippen LogP contribution in [-0.4, -0.2) is 55.8 Å². The molecule has 0 radical (unpaired) electrons. The monoisotopic (exact) mass is 260 g/mol. The second-order valence-corrected chi connectivity index (χ2v) is 3.91. The molecule has 8 heteroatoms. The van der Waals surface area contributed by atoms with Gasteiger partial charge in [-0.05, 0) is 13.8 Å². The van der Waals surface area contributed by atoms with Gasteiger partial charge < -0.3 is 25.2 Å². The molecule has 0 fully saturated rings. The number of rotatable bonds is 4. The van der Waals surface area contributed by atoms with Gasteiger partial charge in [0.2, 0.25) is 11.9 Å². The molecule has 0 bridgehead atoms. The quantitative estimate of drug-likeness (QED) is 0.448. The van der Waals surface area contributed by atoms with Crippen molar-refractivity contribution in [1.82, 2.24) is 0 Å². The number of hydrogen-bond acceptors (Lipinski definition) is 8. The van der Waals surface area contributed by atoms with E-state index in [0.717, 1.165) is 13.8 Å². The molecule has 18 heavy (non-hydrogen) atoms. The fraction of sp³-hybridized carbons (Fsp3) is 0.500. The van der Waals surface area contributed by atoms with Gasteiger partial charge in [0.15, 0.2) is 29.0 Å². The maximum absolute atomic E-state index is 11.4. The Balaban J connectivity index is 3.28. The fourth-order valence-corrected chi connectivity index (χ4v) is 1.58. The Hall–Kier alpha value is -1.93. The third-order valence-electron chi connectivity index (χ3n) is 2.67. The van der Waals surface area contributed by atoms with Crippen LogP contribution < -0.4 is 0 Å². The van der Waals surface area contributed by atoms with E-state index < -0.39 is 46.9 Å². The fourth-order valence-electron chi connectivity index (χ4n) is 1.58. The SMILES string of the molecule is CC(=O)C(O)[C@](O)(C(C)=O)[C@H]1OC(=O)C(O)=C1O. The number of aliphatic hydroxyl groups excluding tert-OH is 3. The van der Waals surface area contributed by atoms with Crippen molar-refractivity contribution in [2.45, 2.75) is 31.7 Å². The molecule has 1 heterocycles. The van der Waals surface area contributed by atoms with E-state index in [4.69, 9.17) is 5.11 Å². The van der Waals surface area contributed by atoms with Crippen LogP contribution in [0.5, 0.6) is 0 Å². The van der Waals surface area contributed by atoms with Gasteiger partial charge in [-0.3, -0.25) is 9.59 Å². The molecule has 1 aliphatic heterocycles. The lowest BCUT2D eigenvalue weighted by molar-refractivity contribution is -0.182. The van der Waals surface area contributed by atoms with Crippen LogP contribution in [0.15, 0.2) is 11.5 Å². The van der Waals surface area contributed by atoms with Gasteiger partial charge in [-0.25, -0.2) is 4.79 Å². The van der Waals surface area contributed by atoms with E-state index in [-0.39, 0.29) is 0 Å². The number of ketones is 2. The molecule has 3 atom stereocenters. The van der Waals surface area contributed by atoms with Crippen molar-refractivity contribution in [3.05, 3.63) is 11.5 Å². The Morgan fingerprint density at radius 1 is 1.33 bits per heavy atom. The van der Waals surface area contributed by atoms with Crippen LogP contribution >= 0.6 is 0 Å². The molecule has 0 aromatic carbocycles. The first kappa shape index (κ1) is 14.1. The summed E-state index contributed by atoms with van der Waals surface area (Å²) in [7, 11) is 0. The number of carbonyl (C=O) groups is 3. The predicted octanol–water partition coefficient (Wildman–Crippen LogP) is -1.49. The summed E-state index contributed by atoms with van der Waals surface area (Å²) in [4.78, 5) is 33.4. The minimum atomic E-state index is -2.85. The zero-order chi connectivity index (χ0) is 14.2. The average molecular weight is 260 g/mol. The van der Waals surface area contributed by atoms with Gasteiger partial charge in [-0.15, -0.1) is 0 Å². The Morgan fingerprint density at radius 3 is 2.11 bits per heavy atom. The largest absolute Gasteiger partial charge is 0.505 e. The molecule has 0 aliphatic carbocycles. The van der Waals surface area contributed by atoms with E-state index in [1.54, 1.807) is 0 Å². The van der Waals surface area contributed by atoms with Crippen molar-refractivity contribution in [2.24, 2.45) is 0 Å². The summed E-state index contributed by atoms with van der Waals surface area (Å²) < 4.78 is 4.39. The minimum absolute atomic E-state index is 0.836. The number of hydrogen-bond donors (Lipinski definition) is 4. The van der Waals surface area contributed by atoms with Crippen LogP contribution in [-0.2, 0) is 19.1 Å². The van der Waals surface area contributed by atoms with Crippen molar-refractivity contribution in [3.63, 3.8) is 0 Å². The molecule has 1 unspecified atom stereocenters. The first-order valence-corrected chi connectivity index (χ1v) is 4.89. The number of Topliss-reactive ketones (excluding diaryl/α,β-unsaturated/α-hetero) is 2. The summed E-state index contributed by atoms with van der Waals surface area (Å²) in [5.74, 6) is -5.74. The lowest BCUT2D eigenvalue weighted by Gasteiger charge is -2.32. The smallest absolute Gasteiger partial charge is 0.378 e. The lowest BCUT2D eigenvalue weighted by atomic mass is 9.84. The van der Waals surface area contributed by atoms with Crippen molar-refractivity contribution >= 4 is 17.5 Å². The Labute approximate surface area is 101 Å². The van der Waals surface area contributed by atoms with Crippen molar-refractivity contribution in [1.29, 1.82) is 0 Å². The lowest BCUT2D eigenvalue weighted by Crippen LogP contribution is -2.60. The van der Waals surface area contributed by atoms with E-state index in [2.05, 4.69) is 4.74 Å². The molecule has 0 saturated carbocycles. The first-order valence-electron chi connectivity index (χ1n) is 4.89. The van der Waals surface area contributed by atoms with Crippen molar-refractivity contribution in [2.75, 3.05) is 0 Å². The number of cyclic esters (lactones) is 1. The van der Waals surface area contributed by atoms with Crippen LogP contribution in [0.25, 0.3) is 0 Å². The van der Waals surface area contributed by atoms with E-state index in [1.165, 1.54) is 0 Å². The van der Waals surface area contributed by atoms with E-state index in [9.17, 15) is 29.7 Å².